The Morgan fingerprint density at radius 2 is 1.71 bits per heavy atom. The fraction of sp³-hybridized carbons (Fsp3) is 0.214. The van der Waals surface area contributed by atoms with Gasteiger partial charge in [0.05, 0.1) is 26.3 Å². The molecule has 1 heterocycles. The number of rotatable bonds is 8. The highest BCUT2D eigenvalue weighted by Gasteiger charge is 2.18. The second kappa shape index (κ2) is 11.1. The van der Waals surface area contributed by atoms with Crippen LogP contribution in [0.5, 0.6) is 11.5 Å². The number of pyridine rings is 1. The summed E-state index contributed by atoms with van der Waals surface area (Å²) in [5, 5.41) is 4.37. The van der Waals surface area contributed by atoms with Gasteiger partial charge in [-0.2, -0.15) is 0 Å². The number of fused-ring (bicyclic) bond motifs is 1. The molecule has 0 aliphatic carbocycles. The van der Waals surface area contributed by atoms with E-state index in [-0.39, 0.29) is 6.03 Å². The molecular formula is C28H28ClN3O3. The van der Waals surface area contributed by atoms with Crippen molar-refractivity contribution >= 4 is 34.2 Å². The first-order valence-electron chi connectivity index (χ1n) is 11.3. The Morgan fingerprint density at radius 3 is 2.46 bits per heavy atom. The van der Waals surface area contributed by atoms with Crippen LogP contribution < -0.4 is 14.8 Å². The molecule has 0 radical (unpaired) electrons. The molecule has 0 aliphatic heterocycles. The predicted octanol–water partition coefficient (Wildman–Crippen LogP) is 6.49. The molecule has 7 heteroatoms. The molecular weight excluding hydrogens is 462 g/mol. The van der Waals surface area contributed by atoms with Crippen molar-refractivity contribution in [2.45, 2.75) is 19.9 Å². The largest absolute Gasteiger partial charge is 0.493 e. The standard InChI is InChI=1S/C28H28ClN3O3/c1-19-8-11-23(12-9-19)30-28(33)32(15-14-20-10-13-25(34-2)26(16-20)35-3)18-22-17-21-6-4-5-7-24(21)31-27(22)29/h4-13,16-17H,14-15,18H2,1-3H3,(H,30,33). The van der Waals surface area contributed by atoms with Crippen LogP contribution in [0.25, 0.3) is 10.9 Å². The van der Waals surface area contributed by atoms with Crippen molar-refractivity contribution in [2.75, 3.05) is 26.1 Å². The first-order valence-corrected chi connectivity index (χ1v) is 11.7. The van der Waals surface area contributed by atoms with Crippen LogP contribution in [-0.2, 0) is 13.0 Å². The number of methoxy groups -OCH3 is 2. The van der Waals surface area contributed by atoms with Crippen molar-refractivity contribution in [2.24, 2.45) is 0 Å². The predicted molar refractivity (Wildman–Crippen MR) is 141 cm³/mol. The van der Waals surface area contributed by atoms with Crippen LogP contribution >= 0.6 is 11.6 Å². The second-order valence-corrected chi connectivity index (χ2v) is 8.65. The summed E-state index contributed by atoms with van der Waals surface area (Å²) in [6.45, 7) is 2.80. The summed E-state index contributed by atoms with van der Waals surface area (Å²) >= 11 is 6.52. The Balaban J connectivity index is 1.58. The van der Waals surface area contributed by atoms with E-state index in [4.69, 9.17) is 21.1 Å². The number of aryl methyl sites for hydroxylation is 1. The Morgan fingerprint density at radius 1 is 0.971 bits per heavy atom. The highest BCUT2D eigenvalue weighted by atomic mass is 35.5. The summed E-state index contributed by atoms with van der Waals surface area (Å²) in [5.41, 5.74) is 4.50. The lowest BCUT2D eigenvalue weighted by Crippen LogP contribution is -2.36. The number of nitrogens with one attached hydrogen (secondary N) is 1. The maximum absolute atomic E-state index is 13.3. The number of carbonyl (C=O) groups is 1. The summed E-state index contributed by atoms with van der Waals surface area (Å²) in [4.78, 5) is 19.6. The van der Waals surface area contributed by atoms with Crippen molar-refractivity contribution in [1.82, 2.24) is 9.88 Å². The molecule has 0 saturated heterocycles. The van der Waals surface area contributed by atoms with Crippen molar-refractivity contribution in [1.29, 1.82) is 0 Å². The van der Waals surface area contributed by atoms with Gasteiger partial charge in [0.25, 0.3) is 0 Å². The lowest BCUT2D eigenvalue weighted by molar-refractivity contribution is 0.209. The van der Waals surface area contributed by atoms with E-state index in [1.54, 1.807) is 19.1 Å². The van der Waals surface area contributed by atoms with Gasteiger partial charge < -0.3 is 19.7 Å². The molecule has 2 amide bonds. The first-order chi connectivity index (χ1) is 17.0. The number of nitrogens with zero attached hydrogens (tertiary/aromatic N) is 2. The molecule has 1 N–H and O–H groups in total. The Hall–Kier alpha value is -3.77. The normalized spacial score (nSPS) is 10.7. The smallest absolute Gasteiger partial charge is 0.322 e. The van der Waals surface area contributed by atoms with E-state index in [0.29, 0.717) is 36.2 Å². The molecule has 0 fully saturated rings. The Kier molecular flexibility index (Phi) is 7.73. The zero-order chi connectivity index (χ0) is 24.8. The maximum Gasteiger partial charge on any atom is 0.322 e. The first kappa shape index (κ1) is 24.4. The van der Waals surface area contributed by atoms with Crippen LogP contribution in [0.2, 0.25) is 5.15 Å². The monoisotopic (exact) mass is 489 g/mol. The van der Waals surface area contributed by atoms with E-state index in [2.05, 4.69) is 10.3 Å². The van der Waals surface area contributed by atoms with Crippen molar-refractivity contribution < 1.29 is 14.3 Å². The average molecular weight is 490 g/mol. The van der Waals surface area contributed by atoms with Crippen LogP contribution in [0.1, 0.15) is 16.7 Å². The second-order valence-electron chi connectivity index (χ2n) is 8.29. The number of benzene rings is 3. The van der Waals surface area contributed by atoms with Gasteiger partial charge in [-0.05, 0) is 55.3 Å². The van der Waals surface area contributed by atoms with Crippen LogP contribution in [0.3, 0.4) is 0 Å². The number of hydrogen-bond acceptors (Lipinski definition) is 4. The fourth-order valence-corrected chi connectivity index (χ4v) is 4.05. The number of anilines is 1. The molecule has 0 atom stereocenters. The third kappa shape index (κ3) is 6.03. The van der Waals surface area contributed by atoms with Gasteiger partial charge in [-0.25, -0.2) is 9.78 Å². The van der Waals surface area contributed by atoms with E-state index in [1.807, 2.05) is 79.7 Å². The van der Waals surface area contributed by atoms with Crippen LogP contribution in [-0.4, -0.2) is 36.7 Å². The zero-order valence-electron chi connectivity index (χ0n) is 20.0. The highest BCUT2D eigenvalue weighted by molar-refractivity contribution is 6.30. The number of ether oxygens (including phenoxy) is 2. The Bertz CT molecular complexity index is 1330. The van der Waals surface area contributed by atoms with E-state index in [0.717, 1.165) is 33.3 Å². The van der Waals surface area contributed by atoms with Gasteiger partial charge in [-0.3, -0.25) is 0 Å². The van der Waals surface area contributed by atoms with Crippen molar-refractivity contribution in [3.05, 3.63) is 94.6 Å². The lowest BCUT2D eigenvalue weighted by Gasteiger charge is -2.24. The minimum Gasteiger partial charge on any atom is -0.493 e. The fourth-order valence-electron chi connectivity index (χ4n) is 3.84. The summed E-state index contributed by atoms with van der Waals surface area (Å²) in [6, 6.07) is 23.1. The molecule has 6 nitrogen and oxygen atoms in total. The SMILES string of the molecule is COc1ccc(CCN(Cc2cc3ccccc3nc2Cl)C(=O)Nc2ccc(C)cc2)cc1OC. The van der Waals surface area contributed by atoms with Crippen LogP contribution in [0.15, 0.2) is 72.8 Å². The molecule has 35 heavy (non-hydrogen) atoms. The van der Waals surface area contributed by atoms with E-state index in [1.165, 1.54) is 0 Å². The number of para-hydroxylation sites is 1. The van der Waals surface area contributed by atoms with Gasteiger partial charge >= 0.3 is 6.03 Å². The van der Waals surface area contributed by atoms with Gasteiger partial charge in [-0.15, -0.1) is 0 Å². The third-order valence-electron chi connectivity index (χ3n) is 5.82. The van der Waals surface area contributed by atoms with Gasteiger partial charge in [0.2, 0.25) is 0 Å². The van der Waals surface area contributed by atoms with Crippen LogP contribution in [0, 0.1) is 6.92 Å². The maximum atomic E-state index is 13.3. The van der Waals surface area contributed by atoms with Gasteiger partial charge in [-0.1, -0.05) is 53.6 Å². The van der Waals surface area contributed by atoms with Crippen molar-refractivity contribution in [3.63, 3.8) is 0 Å². The zero-order valence-corrected chi connectivity index (χ0v) is 20.8. The van der Waals surface area contributed by atoms with Gasteiger partial charge in [0.1, 0.15) is 5.15 Å². The molecule has 0 aliphatic rings. The van der Waals surface area contributed by atoms with E-state index < -0.39 is 0 Å². The molecule has 0 spiro atoms. The molecule has 4 aromatic rings. The summed E-state index contributed by atoms with van der Waals surface area (Å²) in [5.74, 6) is 1.32. The molecule has 180 valence electrons. The number of hydrogen-bond donors (Lipinski definition) is 1. The molecule has 0 unspecified atom stereocenters. The summed E-state index contributed by atoms with van der Waals surface area (Å²) < 4.78 is 10.8. The molecule has 4 rings (SSSR count). The number of amides is 2. The molecule has 0 saturated carbocycles. The van der Waals surface area contributed by atoms with Crippen LogP contribution in [0.4, 0.5) is 10.5 Å². The van der Waals surface area contributed by atoms with Gasteiger partial charge in [0, 0.05) is 23.2 Å². The Labute approximate surface area is 210 Å². The number of aromatic nitrogens is 1. The van der Waals surface area contributed by atoms with E-state index in [9.17, 15) is 4.79 Å². The lowest BCUT2D eigenvalue weighted by atomic mass is 10.1. The minimum absolute atomic E-state index is 0.210. The summed E-state index contributed by atoms with van der Waals surface area (Å²) in [6.07, 6.45) is 0.625. The van der Waals surface area contributed by atoms with E-state index >= 15 is 0 Å². The topological polar surface area (TPSA) is 63.7 Å². The number of urea groups is 1. The number of halogens is 1. The molecule has 1 aromatic heterocycles. The van der Waals surface area contributed by atoms with Gasteiger partial charge in [0.15, 0.2) is 11.5 Å². The third-order valence-corrected chi connectivity index (χ3v) is 6.15. The van der Waals surface area contributed by atoms with Crippen molar-refractivity contribution in [3.8, 4) is 11.5 Å². The number of carbonyl (C=O) groups excluding carboxylic acids is 1. The molecule has 3 aromatic carbocycles. The average Bonchev–Trinajstić information content (AvgIpc) is 2.87. The highest BCUT2D eigenvalue weighted by Crippen LogP contribution is 2.28. The quantitative estimate of drug-likeness (QED) is 0.287. The summed E-state index contributed by atoms with van der Waals surface area (Å²) in [7, 11) is 3.22. The molecule has 0 bridgehead atoms. The minimum atomic E-state index is -0.210.